The van der Waals surface area contributed by atoms with Crippen LogP contribution in [0.15, 0.2) is 18.2 Å². The summed E-state index contributed by atoms with van der Waals surface area (Å²) in [6.45, 7) is 2.72. The first-order valence-corrected chi connectivity index (χ1v) is 5.51. The summed E-state index contributed by atoms with van der Waals surface area (Å²) in [5.74, 6) is 1.32. The van der Waals surface area contributed by atoms with Gasteiger partial charge in [-0.1, -0.05) is 17.3 Å². The molecule has 0 atom stereocenters. The van der Waals surface area contributed by atoms with E-state index in [2.05, 4.69) is 4.98 Å². The zero-order valence-corrected chi connectivity index (χ0v) is 14.5. The molecular weight excluding hydrogens is 267 g/mol. The van der Waals surface area contributed by atoms with Crippen LogP contribution in [0.1, 0.15) is 13.3 Å². The molecule has 0 spiro atoms. The first kappa shape index (κ1) is 16.7. The van der Waals surface area contributed by atoms with E-state index >= 15 is 0 Å². The van der Waals surface area contributed by atoms with Crippen molar-refractivity contribution in [2.75, 3.05) is 18.6 Å². The van der Waals surface area contributed by atoms with Crippen molar-refractivity contribution < 1.29 is 56.1 Å². The zero-order chi connectivity index (χ0) is 11.3. The number of hydrogen-bond acceptors (Lipinski definition) is 4. The van der Waals surface area contributed by atoms with Crippen molar-refractivity contribution in [3.63, 3.8) is 0 Å². The minimum absolute atomic E-state index is 0. The van der Waals surface area contributed by atoms with Crippen molar-refractivity contribution >= 4 is 35.0 Å². The van der Waals surface area contributed by atoms with E-state index in [0.29, 0.717) is 22.6 Å². The molecule has 0 aromatic carbocycles. The molecular formula is C10H13KN2OS2. The van der Waals surface area contributed by atoms with Gasteiger partial charge in [0.25, 0.3) is 0 Å². The summed E-state index contributed by atoms with van der Waals surface area (Å²) in [7, 11) is 1.79. The van der Waals surface area contributed by atoms with Crippen LogP contribution < -0.4 is 61.0 Å². The number of hydrogen-bond donors (Lipinski definition) is 0. The van der Waals surface area contributed by atoms with Gasteiger partial charge in [-0.2, -0.15) is 4.98 Å². The predicted molar refractivity (Wildman–Crippen MR) is 68.4 cm³/mol. The molecule has 1 rings (SSSR count). The first-order chi connectivity index (χ1) is 7.15. The maximum atomic E-state index is 5.41. The van der Waals surface area contributed by atoms with Crippen molar-refractivity contribution in [2.24, 2.45) is 0 Å². The van der Waals surface area contributed by atoms with Crippen molar-refractivity contribution in [2.45, 2.75) is 13.3 Å². The summed E-state index contributed by atoms with van der Waals surface area (Å²) in [5.41, 5.74) is 0. The fourth-order valence-electron chi connectivity index (χ4n) is 0.971. The number of ether oxygens (including phenoxy) is 1. The molecule has 0 aliphatic heterocycles. The third-order valence-electron chi connectivity index (χ3n) is 1.78. The quantitative estimate of drug-likeness (QED) is 0.406. The Morgan fingerprint density at radius 2 is 2.25 bits per heavy atom. The number of aromatic nitrogens is 1. The molecule has 0 saturated heterocycles. The van der Waals surface area contributed by atoms with Gasteiger partial charge in [0, 0.05) is 13.1 Å². The Morgan fingerprint density at radius 1 is 1.56 bits per heavy atom. The normalized spacial score (nSPS) is 9.12. The van der Waals surface area contributed by atoms with Crippen LogP contribution in [0.5, 0.6) is 5.88 Å². The van der Waals surface area contributed by atoms with Gasteiger partial charge in [0.1, 0.15) is 5.82 Å². The fourth-order valence-corrected chi connectivity index (χ4v) is 1.16. The Labute approximate surface area is 150 Å². The molecule has 0 aliphatic carbocycles. The van der Waals surface area contributed by atoms with E-state index in [1.807, 2.05) is 25.1 Å². The van der Waals surface area contributed by atoms with Gasteiger partial charge in [-0.05, 0) is 12.5 Å². The predicted octanol–water partition coefficient (Wildman–Crippen LogP) is -0.858. The molecule has 0 amide bonds. The van der Waals surface area contributed by atoms with Gasteiger partial charge in [0.2, 0.25) is 5.88 Å². The smallest absolute Gasteiger partial charge is 0.478 e. The van der Waals surface area contributed by atoms with Crippen LogP contribution in [0.4, 0.5) is 5.82 Å². The number of pyridine rings is 1. The zero-order valence-electron chi connectivity index (χ0n) is 9.77. The van der Waals surface area contributed by atoms with Crippen LogP contribution in [0.2, 0.25) is 0 Å². The minimum atomic E-state index is 0. The summed E-state index contributed by atoms with van der Waals surface area (Å²) < 4.78 is 5.78. The van der Waals surface area contributed by atoms with Crippen LogP contribution in [-0.4, -0.2) is 23.0 Å². The van der Waals surface area contributed by atoms with Crippen LogP contribution >= 0.6 is 12.2 Å². The molecule has 1 aromatic heterocycles. The van der Waals surface area contributed by atoms with Crippen molar-refractivity contribution in [1.29, 1.82) is 0 Å². The fraction of sp³-hybridized carbons (Fsp3) is 0.400. The number of rotatable bonds is 4. The molecule has 0 unspecified atom stereocenters. The number of thiocarbonyl (C=S) groups is 1. The Bertz CT molecular complexity index is 349. The van der Waals surface area contributed by atoms with Crippen LogP contribution in [0.3, 0.4) is 0 Å². The molecule has 0 fully saturated rings. The second kappa shape index (κ2) is 8.74. The topological polar surface area (TPSA) is 25.4 Å². The Morgan fingerprint density at radius 3 is 2.81 bits per heavy atom. The maximum absolute atomic E-state index is 5.41. The molecule has 0 N–H and O–H groups in total. The summed E-state index contributed by atoms with van der Waals surface area (Å²) >= 11 is 9.78. The summed E-state index contributed by atoms with van der Waals surface area (Å²) in [6.07, 6.45) is 0.960. The first-order valence-electron chi connectivity index (χ1n) is 4.69. The molecule has 0 bridgehead atoms. The van der Waals surface area contributed by atoms with E-state index in [0.717, 1.165) is 6.42 Å². The summed E-state index contributed by atoms with van der Waals surface area (Å²) in [5, 5.41) is 0. The Balaban J connectivity index is 0.00000225. The molecule has 82 valence electrons. The molecule has 3 nitrogen and oxygen atoms in total. The van der Waals surface area contributed by atoms with E-state index in [1.54, 1.807) is 11.9 Å². The molecule has 0 radical (unpaired) electrons. The van der Waals surface area contributed by atoms with Crippen molar-refractivity contribution in [3.8, 4) is 5.88 Å². The summed E-state index contributed by atoms with van der Waals surface area (Å²) in [6, 6.07) is 5.54. The van der Waals surface area contributed by atoms with E-state index in [4.69, 9.17) is 29.6 Å². The third-order valence-corrected chi connectivity index (χ3v) is 2.33. The number of nitrogens with zero attached hydrogens (tertiary/aromatic N) is 2. The van der Waals surface area contributed by atoms with Gasteiger partial charge in [0.05, 0.1) is 6.61 Å². The van der Waals surface area contributed by atoms with Gasteiger partial charge in [-0.3, -0.25) is 0 Å². The maximum Gasteiger partial charge on any atom is 1.00 e. The van der Waals surface area contributed by atoms with Crippen LogP contribution in [0, 0.1) is 0 Å². The van der Waals surface area contributed by atoms with Crippen LogP contribution in [0.25, 0.3) is 0 Å². The summed E-state index contributed by atoms with van der Waals surface area (Å²) in [4.78, 5) is 5.95. The van der Waals surface area contributed by atoms with Crippen LogP contribution in [-0.2, 0) is 12.6 Å². The Hall–Kier alpha value is 0.696. The second-order valence-electron chi connectivity index (χ2n) is 3.01. The molecule has 1 aromatic rings. The van der Waals surface area contributed by atoms with E-state index < -0.39 is 0 Å². The molecule has 0 aliphatic rings. The van der Waals surface area contributed by atoms with E-state index in [-0.39, 0.29) is 51.4 Å². The average Bonchev–Trinajstić information content (AvgIpc) is 2.25. The largest absolute Gasteiger partial charge is 1.00 e. The Kier molecular flexibility index (Phi) is 9.12. The van der Waals surface area contributed by atoms with Gasteiger partial charge >= 0.3 is 51.4 Å². The SMILES string of the molecule is CCCOc1cccc(N(C)C(=S)[S-])n1.[K+]. The average molecular weight is 280 g/mol. The second-order valence-corrected chi connectivity index (χ2v) is 4.04. The van der Waals surface area contributed by atoms with Crippen molar-refractivity contribution in [3.05, 3.63) is 18.2 Å². The van der Waals surface area contributed by atoms with E-state index in [1.165, 1.54) is 0 Å². The third kappa shape index (κ3) is 5.35. The molecule has 6 heteroatoms. The van der Waals surface area contributed by atoms with Crippen molar-refractivity contribution in [1.82, 2.24) is 4.98 Å². The van der Waals surface area contributed by atoms with Gasteiger partial charge < -0.3 is 34.5 Å². The molecule has 1 heterocycles. The van der Waals surface area contributed by atoms with Gasteiger partial charge in [-0.15, -0.1) is 0 Å². The minimum Gasteiger partial charge on any atom is -0.478 e. The standard InChI is InChI=1S/C10H14N2OS2.K/c1-3-7-13-9-6-4-5-8(11-9)12(2)10(14)15;/h4-6H,3,7H2,1-2H3,(H,14,15);/q;+1/p-1. The van der Waals surface area contributed by atoms with Gasteiger partial charge in [-0.25, -0.2) is 0 Å². The number of anilines is 1. The molecule has 16 heavy (non-hydrogen) atoms. The monoisotopic (exact) mass is 280 g/mol. The van der Waals surface area contributed by atoms with Gasteiger partial charge in [0.15, 0.2) is 0 Å². The van der Waals surface area contributed by atoms with E-state index in [9.17, 15) is 0 Å². The molecule has 0 saturated carbocycles.